The molecule has 7 heteroatoms. The first kappa shape index (κ1) is 18.4. The third-order valence-electron chi connectivity index (χ3n) is 5.29. The topological polar surface area (TPSA) is 59.8 Å². The Kier molecular flexibility index (Phi) is 6.09. The van der Waals surface area contributed by atoms with Crippen molar-refractivity contribution in [2.75, 3.05) is 47.0 Å². The number of ether oxygens (including phenoxy) is 2. The Morgan fingerprint density at radius 1 is 1.44 bits per heavy atom. The van der Waals surface area contributed by atoms with Gasteiger partial charge in [0.05, 0.1) is 18.9 Å². The van der Waals surface area contributed by atoms with E-state index in [-0.39, 0.29) is 12.5 Å². The Morgan fingerprint density at radius 3 is 3.00 bits per heavy atom. The Balaban J connectivity index is 1.41. The molecule has 25 heavy (non-hydrogen) atoms. The lowest BCUT2D eigenvalue weighted by molar-refractivity contribution is -0.133. The van der Waals surface area contributed by atoms with Crippen molar-refractivity contribution in [1.82, 2.24) is 19.6 Å². The van der Waals surface area contributed by atoms with E-state index in [2.05, 4.69) is 23.1 Å². The normalized spacial score (nSPS) is 26.1. The average Bonchev–Trinajstić information content (AvgIpc) is 3.28. The zero-order valence-corrected chi connectivity index (χ0v) is 15.6. The number of fused-ring (bicyclic) bond motifs is 1. The van der Waals surface area contributed by atoms with Crippen molar-refractivity contribution in [3.8, 4) is 0 Å². The monoisotopic (exact) mass is 350 g/mol. The van der Waals surface area contributed by atoms with Crippen molar-refractivity contribution >= 4 is 5.91 Å². The molecule has 140 valence electrons. The molecule has 0 unspecified atom stereocenters. The first-order chi connectivity index (χ1) is 12.1. The molecule has 7 nitrogen and oxygen atoms in total. The van der Waals surface area contributed by atoms with Crippen molar-refractivity contribution in [2.24, 2.45) is 11.8 Å². The SMILES string of the molecule is CCn1cc(CN2C[C@H]3[C@@H](CCOCC(=O)N(C)C)CO[C@H]3C2)cn1. The number of carbonyl (C=O) groups is 1. The fraction of sp³-hybridized carbons (Fsp3) is 0.778. The zero-order chi connectivity index (χ0) is 17.8. The molecule has 3 atom stereocenters. The van der Waals surface area contributed by atoms with Crippen LogP contribution in [0, 0.1) is 11.8 Å². The summed E-state index contributed by atoms with van der Waals surface area (Å²) >= 11 is 0. The van der Waals surface area contributed by atoms with Crippen LogP contribution in [-0.4, -0.2) is 78.6 Å². The van der Waals surface area contributed by atoms with E-state index >= 15 is 0 Å². The minimum Gasteiger partial charge on any atom is -0.376 e. The molecule has 0 spiro atoms. The number of hydrogen-bond donors (Lipinski definition) is 0. The van der Waals surface area contributed by atoms with Gasteiger partial charge in [-0.05, 0) is 19.3 Å². The largest absolute Gasteiger partial charge is 0.376 e. The highest BCUT2D eigenvalue weighted by Gasteiger charge is 2.43. The number of hydrogen-bond acceptors (Lipinski definition) is 5. The molecule has 0 bridgehead atoms. The van der Waals surface area contributed by atoms with Crippen LogP contribution < -0.4 is 0 Å². The molecular weight excluding hydrogens is 320 g/mol. The lowest BCUT2D eigenvalue weighted by atomic mass is 9.91. The van der Waals surface area contributed by atoms with Gasteiger partial charge in [0, 0.05) is 64.6 Å². The lowest BCUT2D eigenvalue weighted by Gasteiger charge is -2.19. The van der Waals surface area contributed by atoms with Gasteiger partial charge in [-0.15, -0.1) is 0 Å². The smallest absolute Gasteiger partial charge is 0.248 e. The van der Waals surface area contributed by atoms with Gasteiger partial charge in [-0.25, -0.2) is 0 Å². The molecule has 0 radical (unpaired) electrons. The Bertz CT molecular complexity index is 574. The minimum absolute atomic E-state index is 0.0141. The third-order valence-corrected chi connectivity index (χ3v) is 5.29. The number of amides is 1. The van der Waals surface area contributed by atoms with Crippen molar-refractivity contribution in [3.05, 3.63) is 18.0 Å². The van der Waals surface area contributed by atoms with E-state index < -0.39 is 0 Å². The van der Waals surface area contributed by atoms with E-state index in [1.165, 1.54) is 5.56 Å². The second-order valence-electron chi connectivity index (χ2n) is 7.32. The van der Waals surface area contributed by atoms with Crippen LogP contribution >= 0.6 is 0 Å². The third kappa shape index (κ3) is 4.59. The van der Waals surface area contributed by atoms with Gasteiger partial charge in [0.2, 0.25) is 5.91 Å². The van der Waals surface area contributed by atoms with Gasteiger partial charge in [0.1, 0.15) is 6.61 Å². The molecule has 3 heterocycles. The number of aryl methyl sites for hydroxylation is 1. The Morgan fingerprint density at radius 2 is 2.28 bits per heavy atom. The second kappa shape index (κ2) is 8.29. The highest BCUT2D eigenvalue weighted by molar-refractivity contribution is 5.76. The predicted octanol–water partition coefficient (Wildman–Crippen LogP) is 0.845. The summed E-state index contributed by atoms with van der Waals surface area (Å²) in [7, 11) is 3.50. The molecular formula is C18H30N4O3. The summed E-state index contributed by atoms with van der Waals surface area (Å²) in [5, 5.41) is 4.35. The van der Waals surface area contributed by atoms with E-state index in [0.717, 1.165) is 39.2 Å². The first-order valence-corrected chi connectivity index (χ1v) is 9.20. The van der Waals surface area contributed by atoms with Crippen LogP contribution in [0.5, 0.6) is 0 Å². The van der Waals surface area contributed by atoms with Crippen LogP contribution in [0.2, 0.25) is 0 Å². The standard InChI is InChI=1S/C18H30N4O3/c1-4-22-9-14(7-19-22)8-21-10-16-15(12-25-17(16)11-21)5-6-24-13-18(23)20(2)3/h7,9,15-17H,4-6,8,10-13H2,1-3H3/t15-,16-,17-/m0/s1. The van der Waals surface area contributed by atoms with Crippen LogP contribution in [0.1, 0.15) is 18.9 Å². The molecule has 2 aliphatic heterocycles. The predicted molar refractivity (Wildman–Crippen MR) is 94.0 cm³/mol. The van der Waals surface area contributed by atoms with E-state index in [4.69, 9.17) is 9.47 Å². The maximum atomic E-state index is 11.5. The number of aromatic nitrogens is 2. The van der Waals surface area contributed by atoms with E-state index in [1.807, 2.05) is 10.9 Å². The Labute approximate surface area is 149 Å². The summed E-state index contributed by atoms with van der Waals surface area (Å²) in [4.78, 5) is 15.6. The van der Waals surface area contributed by atoms with E-state index in [0.29, 0.717) is 24.5 Å². The average molecular weight is 350 g/mol. The molecule has 0 N–H and O–H groups in total. The molecule has 2 aliphatic rings. The molecule has 0 saturated carbocycles. The van der Waals surface area contributed by atoms with Crippen LogP contribution in [0.15, 0.2) is 12.4 Å². The maximum Gasteiger partial charge on any atom is 0.248 e. The van der Waals surface area contributed by atoms with Gasteiger partial charge in [-0.1, -0.05) is 0 Å². The fourth-order valence-corrected chi connectivity index (χ4v) is 3.75. The molecule has 1 aromatic heterocycles. The maximum absolute atomic E-state index is 11.5. The summed E-state index contributed by atoms with van der Waals surface area (Å²) < 4.78 is 13.5. The molecule has 0 aromatic carbocycles. The van der Waals surface area contributed by atoms with Crippen LogP contribution in [0.25, 0.3) is 0 Å². The summed E-state index contributed by atoms with van der Waals surface area (Å²) in [6, 6.07) is 0. The van der Waals surface area contributed by atoms with E-state index in [9.17, 15) is 4.79 Å². The van der Waals surface area contributed by atoms with Crippen molar-refractivity contribution in [2.45, 2.75) is 32.5 Å². The Hall–Kier alpha value is -1.44. The van der Waals surface area contributed by atoms with Gasteiger partial charge < -0.3 is 14.4 Å². The lowest BCUT2D eigenvalue weighted by Crippen LogP contribution is -2.27. The number of rotatable bonds is 8. The number of likely N-dealkylation sites (tertiary alicyclic amines) is 1. The zero-order valence-electron chi connectivity index (χ0n) is 15.6. The second-order valence-corrected chi connectivity index (χ2v) is 7.32. The van der Waals surface area contributed by atoms with Gasteiger partial charge in [-0.3, -0.25) is 14.4 Å². The van der Waals surface area contributed by atoms with Crippen LogP contribution in [0.3, 0.4) is 0 Å². The minimum atomic E-state index is 0.0141. The molecule has 2 saturated heterocycles. The highest BCUT2D eigenvalue weighted by atomic mass is 16.5. The molecule has 2 fully saturated rings. The summed E-state index contributed by atoms with van der Waals surface area (Å²) in [5.74, 6) is 1.12. The van der Waals surface area contributed by atoms with Crippen molar-refractivity contribution < 1.29 is 14.3 Å². The summed E-state index contributed by atoms with van der Waals surface area (Å²) in [6.45, 7) is 7.64. The van der Waals surface area contributed by atoms with Crippen molar-refractivity contribution in [1.29, 1.82) is 0 Å². The molecule has 1 amide bonds. The summed E-state index contributed by atoms with van der Waals surface area (Å²) in [6.07, 6.45) is 5.39. The highest BCUT2D eigenvalue weighted by Crippen LogP contribution is 2.36. The van der Waals surface area contributed by atoms with Gasteiger partial charge in [-0.2, -0.15) is 5.10 Å². The molecule has 1 aromatic rings. The van der Waals surface area contributed by atoms with Crippen LogP contribution in [0.4, 0.5) is 0 Å². The van der Waals surface area contributed by atoms with E-state index in [1.54, 1.807) is 19.0 Å². The number of carbonyl (C=O) groups excluding carboxylic acids is 1. The summed E-state index contributed by atoms with van der Waals surface area (Å²) in [5.41, 5.74) is 1.27. The molecule has 3 rings (SSSR count). The van der Waals surface area contributed by atoms with Gasteiger partial charge in [0.15, 0.2) is 0 Å². The van der Waals surface area contributed by atoms with Gasteiger partial charge >= 0.3 is 0 Å². The van der Waals surface area contributed by atoms with Gasteiger partial charge in [0.25, 0.3) is 0 Å². The van der Waals surface area contributed by atoms with Crippen molar-refractivity contribution in [3.63, 3.8) is 0 Å². The van der Waals surface area contributed by atoms with Crippen LogP contribution in [-0.2, 0) is 27.4 Å². The number of likely N-dealkylation sites (N-methyl/N-ethyl adjacent to an activating group) is 1. The first-order valence-electron chi connectivity index (χ1n) is 9.20. The quantitative estimate of drug-likeness (QED) is 0.651. The molecule has 0 aliphatic carbocycles. The fourth-order valence-electron chi connectivity index (χ4n) is 3.75. The number of nitrogens with zero attached hydrogens (tertiary/aromatic N) is 4.